The molecule has 3 rings (SSSR count). The maximum atomic E-state index is 12.6. The Morgan fingerprint density at radius 3 is 2.60 bits per heavy atom. The number of aromatic nitrogens is 1. The Bertz CT molecular complexity index is 692. The van der Waals surface area contributed by atoms with Crippen LogP contribution in [0.2, 0.25) is 0 Å². The van der Waals surface area contributed by atoms with Crippen LogP contribution in [0.5, 0.6) is 0 Å². The van der Waals surface area contributed by atoms with Crippen LogP contribution in [0, 0.1) is 0 Å². The minimum Gasteiger partial charge on any atom is -0.349 e. The average Bonchev–Trinajstić information content (AvgIpc) is 2.88. The second kappa shape index (κ2) is 5.07. The highest BCUT2D eigenvalue weighted by atomic mass is 32.2. The Hall–Kier alpha value is -1.59. The molecule has 0 saturated carbocycles. The first kappa shape index (κ1) is 13.4. The molecule has 0 fully saturated rings. The van der Waals surface area contributed by atoms with E-state index in [0.717, 1.165) is 17.8 Å². The van der Waals surface area contributed by atoms with E-state index in [2.05, 4.69) is 4.57 Å². The molecule has 4 nitrogen and oxygen atoms in total. The van der Waals surface area contributed by atoms with Crippen LogP contribution in [0.15, 0.2) is 48.7 Å². The van der Waals surface area contributed by atoms with Gasteiger partial charge in [-0.05, 0) is 24.6 Å². The van der Waals surface area contributed by atoms with Crippen molar-refractivity contribution in [2.24, 2.45) is 0 Å². The molecule has 0 aliphatic carbocycles. The highest BCUT2D eigenvalue weighted by molar-refractivity contribution is 7.88. The molecule has 0 amide bonds. The lowest BCUT2D eigenvalue weighted by Gasteiger charge is -2.33. The van der Waals surface area contributed by atoms with Crippen LogP contribution in [0.4, 0.5) is 0 Å². The standard InChI is InChI=1S/C15H18N2O2S/c1-13-15-8-5-9-16(15)10-11-17(13)20(18,19)12-14-6-3-2-4-7-14/h2-9,13H,10-12H2,1H3. The average molecular weight is 290 g/mol. The predicted molar refractivity (Wildman–Crippen MR) is 78.6 cm³/mol. The molecule has 0 spiro atoms. The summed E-state index contributed by atoms with van der Waals surface area (Å²) in [5.41, 5.74) is 1.90. The molecule has 0 bridgehead atoms. The quantitative estimate of drug-likeness (QED) is 0.871. The molecule has 2 aromatic rings. The fourth-order valence-electron chi connectivity index (χ4n) is 2.81. The van der Waals surface area contributed by atoms with E-state index in [1.54, 1.807) is 4.31 Å². The molecular weight excluding hydrogens is 272 g/mol. The fraction of sp³-hybridized carbons (Fsp3) is 0.333. The van der Waals surface area contributed by atoms with Crippen LogP contribution in [-0.4, -0.2) is 23.8 Å². The van der Waals surface area contributed by atoms with Gasteiger partial charge in [0.15, 0.2) is 0 Å². The van der Waals surface area contributed by atoms with Crippen molar-refractivity contribution in [3.05, 3.63) is 59.9 Å². The molecule has 1 aromatic carbocycles. The normalized spacial score (nSPS) is 19.8. The van der Waals surface area contributed by atoms with Gasteiger partial charge in [-0.3, -0.25) is 0 Å². The van der Waals surface area contributed by atoms with Crippen LogP contribution in [-0.2, 0) is 22.3 Å². The van der Waals surface area contributed by atoms with E-state index >= 15 is 0 Å². The molecule has 2 heterocycles. The van der Waals surface area contributed by atoms with Gasteiger partial charge in [-0.15, -0.1) is 0 Å². The third-order valence-electron chi connectivity index (χ3n) is 3.84. The highest BCUT2D eigenvalue weighted by Crippen LogP contribution is 2.29. The summed E-state index contributed by atoms with van der Waals surface area (Å²) in [6.07, 6.45) is 2.01. The number of hydrogen-bond acceptors (Lipinski definition) is 2. The van der Waals surface area contributed by atoms with E-state index in [9.17, 15) is 8.42 Å². The molecule has 20 heavy (non-hydrogen) atoms. The van der Waals surface area contributed by atoms with Crippen molar-refractivity contribution in [2.45, 2.75) is 25.3 Å². The lowest BCUT2D eigenvalue weighted by Crippen LogP contribution is -2.41. The van der Waals surface area contributed by atoms with Gasteiger partial charge in [0.1, 0.15) is 0 Å². The van der Waals surface area contributed by atoms with Crippen molar-refractivity contribution in [2.75, 3.05) is 6.54 Å². The molecule has 5 heteroatoms. The number of fused-ring (bicyclic) bond motifs is 1. The summed E-state index contributed by atoms with van der Waals surface area (Å²) in [5.74, 6) is 0.0683. The molecule has 0 radical (unpaired) electrons. The van der Waals surface area contributed by atoms with Crippen molar-refractivity contribution in [3.8, 4) is 0 Å². The van der Waals surface area contributed by atoms with E-state index in [0.29, 0.717) is 6.54 Å². The summed E-state index contributed by atoms with van der Waals surface area (Å²) >= 11 is 0. The first-order chi connectivity index (χ1) is 9.58. The van der Waals surface area contributed by atoms with Crippen LogP contribution >= 0.6 is 0 Å². The summed E-state index contributed by atoms with van der Waals surface area (Å²) in [5, 5.41) is 0. The Morgan fingerprint density at radius 2 is 1.85 bits per heavy atom. The molecule has 1 atom stereocenters. The third kappa shape index (κ3) is 2.39. The smallest absolute Gasteiger partial charge is 0.218 e. The van der Waals surface area contributed by atoms with E-state index in [4.69, 9.17) is 0 Å². The van der Waals surface area contributed by atoms with Gasteiger partial charge in [0.25, 0.3) is 0 Å². The van der Waals surface area contributed by atoms with Gasteiger partial charge in [-0.25, -0.2) is 8.42 Å². The van der Waals surface area contributed by atoms with Gasteiger partial charge in [0.2, 0.25) is 10.0 Å². The van der Waals surface area contributed by atoms with Crippen molar-refractivity contribution < 1.29 is 8.42 Å². The van der Waals surface area contributed by atoms with Crippen molar-refractivity contribution >= 4 is 10.0 Å². The fourth-order valence-corrected chi connectivity index (χ4v) is 4.53. The Labute approximate surface area is 119 Å². The van der Waals surface area contributed by atoms with E-state index in [1.165, 1.54) is 0 Å². The molecule has 1 aliphatic heterocycles. The maximum absolute atomic E-state index is 12.6. The lowest BCUT2D eigenvalue weighted by molar-refractivity contribution is 0.282. The molecule has 0 N–H and O–H groups in total. The second-order valence-corrected chi connectivity index (χ2v) is 7.08. The molecule has 106 valence electrons. The Balaban J connectivity index is 1.86. The van der Waals surface area contributed by atoms with Gasteiger partial charge in [-0.1, -0.05) is 30.3 Å². The number of nitrogens with zero attached hydrogens (tertiary/aromatic N) is 2. The summed E-state index contributed by atoms with van der Waals surface area (Å²) < 4.78 is 29.0. The Kier molecular flexibility index (Phi) is 3.40. The van der Waals surface area contributed by atoms with Crippen molar-refractivity contribution in [1.82, 2.24) is 8.87 Å². The summed E-state index contributed by atoms with van der Waals surface area (Å²) in [4.78, 5) is 0. The molecule has 1 unspecified atom stereocenters. The highest BCUT2D eigenvalue weighted by Gasteiger charge is 2.32. The topological polar surface area (TPSA) is 42.3 Å². The first-order valence-electron chi connectivity index (χ1n) is 6.76. The zero-order chi connectivity index (χ0) is 14.2. The van der Waals surface area contributed by atoms with E-state index < -0.39 is 10.0 Å². The number of sulfonamides is 1. The molecule has 1 aliphatic rings. The number of benzene rings is 1. The lowest BCUT2D eigenvalue weighted by atomic mass is 10.2. The predicted octanol–water partition coefficient (Wildman–Crippen LogP) is 2.39. The second-order valence-electron chi connectivity index (χ2n) is 5.15. The van der Waals surface area contributed by atoms with Crippen molar-refractivity contribution in [1.29, 1.82) is 0 Å². The van der Waals surface area contributed by atoms with Crippen LogP contribution in [0.1, 0.15) is 24.2 Å². The summed E-state index contributed by atoms with van der Waals surface area (Å²) in [6, 6.07) is 13.2. The zero-order valence-electron chi connectivity index (χ0n) is 11.4. The van der Waals surface area contributed by atoms with Gasteiger partial charge in [0.05, 0.1) is 11.8 Å². The van der Waals surface area contributed by atoms with Crippen LogP contribution < -0.4 is 0 Å². The number of hydrogen-bond donors (Lipinski definition) is 0. The molecular formula is C15H18N2O2S. The maximum Gasteiger partial charge on any atom is 0.218 e. The van der Waals surface area contributed by atoms with Gasteiger partial charge in [-0.2, -0.15) is 4.31 Å². The van der Waals surface area contributed by atoms with Gasteiger partial charge < -0.3 is 4.57 Å². The van der Waals surface area contributed by atoms with Gasteiger partial charge >= 0.3 is 0 Å². The summed E-state index contributed by atoms with van der Waals surface area (Å²) in [7, 11) is -3.29. The number of rotatable bonds is 3. The Morgan fingerprint density at radius 1 is 1.10 bits per heavy atom. The van der Waals surface area contributed by atoms with Crippen LogP contribution in [0.25, 0.3) is 0 Å². The third-order valence-corrected chi connectivity index (χ3v) is 5.75. The van der Waals surface area contributed by atoms with Crippen LogP contribution in [0.3, 0.4) is 0 Å². The largest absolute Gasteiger partial charge is 0.349 e. The van der Waals surface area contributed by atoms with E-state index in [1.807, 2.05) is 55.6 Å². The SMILES string of the molecule is CC1c2cccn2CCN1S(=O)(=O)Cc1ccccc1. The minimum absolute atomic E-state index is 0.0683. The van der Waals surface area contributed by atoms with E-state index in [-0.39, 0.29) is 11.8 Å². The van der Waals surface area contributed by atoms with Gasteiger partial charge in [0, 0.05) is 25.0 Å². The molecule has 0 saturated heterocycles. The zero-order valence-corrected chi connectivity index (χ0v) is 12.3. The van der Waals surface area contributed by atoms with Crippen molar-refractivity contribution in [3.63, 3.8) is 0 Å². The molecule has 1 aromatic heterocycles. The summed E-state index contributed by atoms with van der Waals surface area (Å²) in [6.45, 7) is 3.21. The monoisotopic (exact) mass is 290 g/mol. The first-order valence-corrected chi connectivity index (χ1v) is 8.37. The minimum atomic E-state index is -3.29.